The molecule has 2 aliphatic heterocycles. The summed E-state index contributed by atoms with van der Waals surface area (Å²) >= 11 is 1.76. The zero-order valence-electron chi connectivity index (χ0n) is 20.0. The van der Waals surface area contributed by atoms with Gasteiger partial charge in [0.15, 0.2) is 0 Å². The molecule has 2 atom stereocenters. The third kappa shape index (κ3) is 9.28. The van der Waals surface area contributed by atoms with Gasteiger partial charge in [-0.15, -0.1) is 0 Å². The van der Waals surface area contributed by atoms with E-state index in [-0.39, 0.29) is 5.91 Å². The lowest BCUT2D eigenvalue weighted by atomic mass is 9.96. The van der Waals surface area contributed by atoms with Crippen LogP contribution in [-0.2, 0) is 27.5 Å². The molecule has 2 N–H and O–H groups in total. The normalized spacial score (nSPS) is 19.6. The molecule has 4 rings (SSSR count). The fourth-order valence-corrected chi connectivity index (χ4v) is 4.78. The SMILES string of the molecule is Cc1cccc(CN2C(=O)CC[C@@H]3[C@H]2CCN3Cc2ccsc2)n1.O=C(O)C(F)(F)F.O=C(O)C(F)(F)F. The summed E-state index contributed by atoms with van der Waals surface area (Å²) in [6.45, 7) is 4.74. The number of rotatable bonds is 4. The first kappa shape index (κ1) is 31.0. The second-order valence-corrected chi connectivity index (χ2v) is 9.24. The highest BCUT2D eigenvalue weighted by atomic mass is 32.1. The van der Waals surface area contributed by atoms with Crippen LogP contribution >= 0.6 is 11.3 Å². The van der Waals surface area contributed by atoms with Crippen molar-refractivity contribution in [1.29, 1.82) is 0 Å². The predicted octanol–water partition coefficient (Wildman–Crippen LogP) is 4.48. The molecule has 210 valence electrons. The number of aromatic nitrogens is 1. The molecule has 0 bridgehead atoms. The first-order valence-electron chi connectivity index (χ1n) is 11.2. The third-order valence-electron chi connectivity index (χ3n) is 5.73. The van der Waals surface area contributed by atoms with Gasteiger partial charge in [0.2, 0.25) is 5.91 Å². The number of fused-ring (bicyclic) bond motifs is 1. The van der Waals surface area contributed by atoms with Crippen molar-refractivity contribution in [3.8, 4) is 0 Å². The summed E-state index contributed by atoms with van der Waals surface area (Å²) in [5.74, 6) is -5.23. The summed E-state index contributed by atoms with van der Waals surface area (Å²) in [6, 6.07) is 9.10. The highest BCUT2D eigenvalue weighted by Crippen LogP contribution is 2.33. The van der Waals surface area contributed by atoms with E-state index in [4.69, 9.17) is 19.8 Å². The van der Waals surface area contributed by atoms with Crippen molar-refractivity contribution in [1.82, 2.24) is 14.8 Å². The standard InChI is InChI=1S/C19H23N3OS.2C2HF3O2/c1-14-3-2-4-16(20-14)12-22-18-7-9-21(11-15-8-10-24-13-15)17(18)5-6-19(22)23;2*3-2(4,5)1(6)7/h2-4,8,10,13,17-18H,5-7,9,11-12H2,1H3;2*(H,6,7)/t17-,18-;;/m1../s1. The van der Waals surface area contributed by atoms with Gasteiger partial charge in [0.05, 0.1) is 12.2 Å². The lowest BCUT2D eigenvalue weighted by Crippen LogP contribution is -2.51. The second-order valence-electron chi connectivity index (χ2n) is 8.46. The zero-order chi connectivity index (χ0) is 28.7. The Kier molecular flexibility index (Phi) is 10.6. The van der Waals surface area contributed by atoms with Crippen LogP contribution in [0.5, 0.6) is 0 Å². The number of carbonyl (C=O) groups is 3. The Bertz CT molecular complexity index is 1070. The van der Waals surface area contributed by atoms with Crippen LogP contribution < -0.4 is 0 Å². The Hall–Kier alpha value is -3.20. The number of aryl methyl sites for hydroxylation is 1. The van der Waals surface area contributed by atoms with Crippen LogP contribution in [0.1, 0.15) is 36.2 Å². The molecule has 2 aliphatic rings. The molecule has 2 saturated heterocycles. The quantitative estimate of drug-likeness (QED) is 0.523. The van der Waals surface area contributed by atoms with Crippen molar-refractivity contribution < 1.29 is 50.9 Å². The molecule has 1 amide bonds. The van der Waals surface area contributed by atoms with Crippen LogP contribution in [0, 0.1) is 6.92 Å². The van der Waals surface area contributed by atoms with Crippen LogP contribution in [0.4, 0.5) is 26.3 Å². The Balaban J connectivity index is 0.000000301. The minimum atomic E-state index is -5.08. The van der Waals surface area contributed by atoms with E-state index >= 15 is 0 Å². The Labute approximate surface area is 217 Å². The molecule has 0 saturated carbocycles. The van der Waals surface area contributed by atoms with Gasteiger partial charge in [-0.3, -0.25) is 14.7 Å². The molecule has 0 unspecified atom stereocenters. The summed E-state index contributed by atoms with van der Waals surface area (Å²) in [5.41, 5.74) is 3.41. The minimum absolute atomic E-state index is 0.289. The molecule has 8 nitrogen and oxygen atoms in total. The van der Waals surface area contributed by atoms with Crippen molar-refractivity contribution in [2.45, 2.75) is 63.7 Å². The smallest absolute Gasteiger partial charge is 0.475 e. The summed E-state index contributed by atoms with van der Waals surface area (Å²) in [5, 5.41) is 18.6. The molecule has 0 radical (unpaired) electrons. The van der Waals surface area contributed by atoms with Gasteiger partial charge in [0.25, 0.3) is 0 Å². The molecule has 0 aliphatic carbocycles. The molecule has 4 heterocycles. The second kappa shape index (κ2) is 13.0. The topological polar surface area (TPSA) is 111 Å². The maximum Gasteiger partial charge on any atom is 0.490 e. The minimum Gasteiger partial charge on any atom is -0.475 e. The molecule has 2 fully saturated rings. The van der Waals surface area contributed by atoms with E-state index in [1.165, 1.54) is 5.56 Å². The number of alkyl halides is 6. The number of halogens is 6. The van der Waals surface area contributed by atoms with Crippen molar-refractivity contribution in [3.63, 3.8) is 0 Å². The van der Waals surface area contributed by atoms with E-state index < -0.39 is 24.3 Å². The van der Waals surface area contributed by atoms with Crippen LogP contribution in [0.25, 0.3) is 0 Å². The molecule has 15 heteroatoms. The van der Waals surface area contributed by atoms with E-state index in [9.17, 15) is 31.1 Å². The van der Waals surface area contributed by atoms with Crippen LogP contribution in [0.2, 0.25) is 0 Å². The van der Waals surface area contributed by atoms with Crippen molar-refractivity contribution in [3.05, 3.63) is 52.0 Å². The van der Waals surface area contributed by atoms with Crippen molar-refractivity contribution >= 4 is 29.2 Å². The van der Waals surface area contributed by atoms with Gasteiger partial charge in [-0.2, -0.15) is 37.7 Å². The first-order valence-corrected chi connectivity index (χ1v) is 12.1. The van der Waals surface area contributed by atoms with Crippen LogP contribution in [-0.4, -0.2) is 73.8 Å². The van der Waals surface area contributed by atoms with Gasteiger partial charge in [-0.05, 0) is 54.3 Å². The molecule has 2 aromatic heterocycles. The number of aliphatic carboxylic acids is 2. The van der Waals surface area contributed by atoms with E-state index in [0.717, 1.165) is 37.3 Å². The first-order chi connectivity index (χ1) is 17.6. The van der Waals surface area contributed by atoms with Gasteiger partial charge in [-0.25, -0.2) is 9.59 Å². The van der Waals surface area contributed by atoms with Gasteiger partial charge >= 0.3 is 24.3 Å². The van der Waals surface area contributed by atoms with Gasteiger partial charge in [-0.1, -0.05) is 6.07 Å². The fraction of sp³-hybridized carbons (Fsp3) is 0.478. The Morgan fingerprint density at radius 2 is 1.61 bits per heavy atom. The lowest BCUT2D eigenvalue weighted by molar-refractivity contribution is -0.193. The summed E-state index contributed by atoms with van der Waals surface area (Å²) in [7, 11) is 0. The third-order valence-corrected chi connectivity index (χ3v) is 6.46. The monoisotopic (exact) mass is 569 g/mol. The number of hydrogen-bond donors (Lipinski definition) is 2. The number of likely N-dealkylation sites (tertiary alicyclic amines) is 2. The molecule has 0 aromatic carbocycles. The van der Waals surface area contributed by atoms with E-state index in [0.29, 0.717) is 25.0 Å². The summed E-state index contributed by atoms with van der Waals surface area (Å²) in [4.78, 5) is 39.6. The highest BCUT2D eigenvalue weighted by Gasteiger charge is 2.43. The average molecular weight is 570 g/mol. The highest BCUT2D eigenvalue weighted by molar-refractivity contribution is 7.07. The number of piperidine rings is 1. The van der Waals surface area contributed by atoms with Crippen molar-refractivity contribution in [2.75, 3.05) is 6.54 Å². The van der Waals surface area contributed by atoms with Crippen LogP contribution in [0.3, 0.4) is 0 Å². The molecular formula is C23H25F6N3O5S. The zero-order valence-corrected chi connectivity index (χ0v) is 20.8. The molecule has 0 spiro atoms. The summed E-state index contributed by atoms with van der Waals surface area (Å²) in [6.07, 6.45) is -7.44. The van der Waals surface area contributed by atoms with Crippen molar-refractivity contribution in [2.24, 2.45) is 0 Å². The number of carboxylic acid groups (broad SMARTS) is 2. The van der Waals surface area contributed by atoms with Gasteiger partial charge < -0.3 is 15.1 Å². The number of carbonyl (C=O) groups excluding carboxylic acids is 1. The van der Waals surface area contributed by atoms with Gasteiger partial charge in [0.1, 0.15) is 0 Å². The maximum absolute atomic E-state index is 12.5. The van der Waals surface area contributed by atoms with E-state index in [2.05, 4.69) is 31.6 Å². The molecule has 2 aromatic rings. The number of nitrogens with zero attached hydrogens (tertiary/aromatic N) is 3. The number of amides is 1. The van der Waals surface area contributed by atoms with E-state index in [1.807, 2.05) is 25.1 Å². The maximum atomic E-state index is 12.5. The number of hydrogen-bond acceptors (Lipinski definition) is 6. The fourth-order valence-electron chi connectivity index (χ4n) is 4.12. The Morgan fingerprint density at radius 1 is 1.00 bits per heavy atom. The number of pyridine rings is 1. The predicted molar refractivity (Wildman–Crippen MR) is 123 cm³/mol. The Morgan fingerprint density at radius 3 is 2.11 bits per heavy atom. The van der Waals surface area contributed by atoms with E-state index in [1.54, 1.807) is 11.3 Å². The molecule has 38 heavy (non-hydrogen) atoms. The number of thiophene rings is 1. The lowest BCUT2D eigenvalue weighted by Gasteiger charge is -2.39. The average Bonchev–Trinajstić information content (AvgIpc) is 3.46. The molecular weight excluding hydrogens is 544 g/mol. The summed E-state index contributed by atoms with van der Waals surface area (Å²) < 4.78 is 63.5. The van der Waals surface area contributed by atoms with Gasteiger partial charge in [0, 0.05) is 37.3 Å². The largest absolute Gasteiger partial charge is 0.490 e. The number of carboxylic acids is 2. The van der Waals surface area contributed by atoms with Crippen LogP contribution in [0.15, 0.2) is 35.0 Å².